The fraction of sp³-hybridized carbons (Fsp3) is 0.125. The van der Waals surface area contributed by atoms with Crippen molar-refractivity contribution in [1.82, 2.24) is 0 Å². The van der Waals surface area contributed by atoms with Gasteiger partial charge in [0.15, 0.2) is 0 Å². The van der Waals surface area contributed by atoms with Gasteiger partial charge in [0.25, 0.3) is 9.05 Å². The molecule has 1 amide bonds. The lowest BCUT2D eigenvalue weighted by Crippen LogP contribution is -2.29. The van der Waals surface area contributed by atoms with Crippen LogP contribution in [0.25, 0.3) is 0 Å². The van der Waals surface area contributed by atoms with E-state index in [1.165, 1.54) is 5.32 Å². The Morgan fingerprint density at radius 2 is 1.83 bits per heavy atom. The van der Waals surface area contributed by atoms with E-state index in [0.29, 0.717) is 12.1 Å². The van der Waals surface area contributed by atoms with Crippen molar-refractivity contribution < 1.29 is 30.8 Å². The van der Waals surface area contributed by atoms with Gasteiger partial charge in [-0.25, -0.2) is 12.8 Å². The number of nitrogens with one attached hydrogen (secondary N) is 1. The van der Waals surface area contributed by atoms with Crippen LogP contribution in [0.3, 0.4) is 0 Å². The first-order valence-corrected chi connectivity index (χ1v) is 6.45. The van der Waals surface area contributed by atoms with Gasteiger partial charge < -0.3 is 5.32 Å². The van der Waals surface area contributed by atoms with Gasteiger partial charge in [-0.3, -0.25) is 4.79 Å². The molecule has 0 saturated carbocycles. The summed E-state index contributed by atoms with van der Waals surface area (Å²) in [5.74, 6) is -3.67. The second kappa shape index (κ2) is 4.73. The number of carbonyl (C=O) groups excluding carboxylic acids is 1. The third-order valence-corrected chi connectivity index (χ3v) is 3.07. The van der Waals surface area contributed by atoms with E-state index in [1.54, 1.807) is 0 Å². The number of alkyl halides is 3. The molecule has 10 heteroatoms. The Kier molecular flexibility index (Phi) is 3.86. The second-order valence-corrected chi connectivity index (χ2v) is 5.57. The largest absolute Gasteiger partial charge is 0.471 e. The highest BCUT2D eigenvalue weighted by Crippen LogP contribution is 2.23. The van der Waals surface area contributed by atoms with Crippen LogP contribution in [0.15, 0.2) is 23.1 Å². The number of carbonyl (C=O) groups is 1. The zero-order valence-electron chi connectivity index (χ0n) is 8.25. The van der Waals surface area contributed by atoms with Gasteiger partial charge in [-0.1, -0.05) is 0 Å². The molecule has 18 heavy (non-hydrogen) atoms. The van der Waals surface area contributed by atoms with Gasteiger partial charge in [0.05, 0.1) is 0 Å². The number of hydrogen-bond acceptors (Lipinski definition) is 3. The first kappa shape index (κ1) is 14.7. The topological polar surface area (TPSA) is 63.2 Å². The minimum Gasteiger partial charge on any atom is -0.318 e. The highest BCUT2D eigenvalue weighted by atomic mass is 35.7. The van der Waals surface area contributed by atoms with Gasteiger partial charge in [-0.15, -0.1) is 0 Å². The summed E-state index contributed by atoms with van der Waals surface area (Å²) in [6.07, 6.45) is -5.13. The Hall–Kier alpha value is -1.35. The van der Waals surface area contributed by atoms with Crippen LogP contribution in [0.1, 0.15) is 0 Å². The lowest BCUT2D eigenvalue weighted by molar-refractivity contribution is -0.167. The first-order valence-electron chi connectivity index (χ1n) is 4.14. The van der Waals surface area contributed by atoms with Crippen molar-refractivity contribution in [3.05, 3.63) is 24.0 Å². The van der Waals surface area contributed by atoms with Crippen LogP contribution < -0.4 is 5.32 Å². The lowest BCUT2D eigenvalue weighted by Gasteiger charge is -2.08. The molecule has 0 heterocycles. The molecule has 0 fully saturated rings. The van der Waals surface area contributed by atoms with Crippen LogP contribution in [0.2, 0.25) is 0 Å². The average molecular weight is 306 g/mol. The van der Waals surface area contributed by atoms with Gasteiger partial charge in [0.1, 0.15) is 10.7 Å². The Balaban J connectivity index is 3.04. The van der Waals surface area contributed by atoms with Crippen molar-refractivity contribution in [2.45, 2.75) is 11.1 Å². The molecular weight excluding hydrogens is 302 g/mol. The molecule has 0 saturated heterocycles. The Morgan fingerprint density at radius 3 is 2.22 bits per heavy atom. The van der Waals surface area contributed by atoms with Crippen LogP contribution >= 0.6 is 10.7 Å². The summed E-state index contributed by atoms with van der Waals surface area (Å²) in [5, 5.41) is 1.36. The number of anilines is 1. The third-order valence-electron chi connectivity index (χ3n) is 1.71. The molecule has 0 aliphatic carbocycles. The fourth-order valence-electron chi connectivity index (χ4n) is 0.978. The van der Waals surface area contributed by atoms with Crippen molar-refractivity contribution in [2.24, 2.45) is 0 Å². The van der Waals surface area contributed by atoms with Crippen molar-refractivity contribution >= 4 is 31.3 Å². The minimum absolute atomic E-state index is 0.416. The molecule has 0 aliphatic rings. The van der Waals surface area contributed by atoms with E-state index in [4.69, 9.17) is 10.7 Å². The minimum atomic E-state index is -5.13. The average Bonchev–Trinajstić information content (AvgIpc) is 2.13. The summed E-state index contributed by atoms with van der Waals surface area (Å²) in [5.41, 5.74) is -0.543. The maximum Gasteiger partial charge on any atom is 0.471 e. The molecule has 1 N–H and O–H groups in total. The molecule has 1 aromatic rings. The van der Waals surface area contributed by atoms with Gasteiger partial charge in [0.2, 0.25) is 0 Å². The van der Waals surface area contributed by atoms with E-state index in [-0.39, 0.29) is 0 Å². The third kappa shape index (κ3) is 3.57. The van der Waals surface area contributed by atoms with E-state index in [1.807, 2.05) is 0 Å². The van der Waals surface area contributed by atoms with Crippen molar-refractivity contribution in [3.8, 4) is 0 Å². The first-order chi connectivity index (χ1) is 8.01. The van der Waals surface area contributed by atoms with Crippen LogP contribution in [-0.2, 0) is 13.8 Å². The van der Waals surface area contributed by atoms with Gasteiger partial charge >= 0.3 is 12.1 Å². The molecule has 0 radical (unpaired) electrons. The second-order valence-electron chi connectivity index (χ2n) is 3.03. The monoisotopic (exact) mass is 305 g/mol. The molecule has 0 bridgehead atoms. The fourth-order valence-corrected chi connectivity index (χ4v) is 1.88. The van der Waals surface area contributed by atoms with Crippen LogP contribution in [0, 0.1) is 5.82 Å². The van der Waals surface area contributed by atoms with Gasteiger partial charge in [-0.2, -0.15) is 13.2 Å². The quantitative estimate of drug-likeness (QED) is 0.673. The number of halogens is 5. The van der Waals surface area contributed by atoms with E-state index < -0.39 is 37.5 Å². The number of rotatable bonds is 2. The van der Waals surface area contributed by atoms with Crippen molar-refractivity contribution in [1.29, 1.82) is 0 Å². The predicted octanol–water partition coefficient (Wildman–Crippen LogP) is 2.25. The summed E-state index contributed by atoms with van der Waals surface area (Å²) < 4.78 is 70.4. The zero-order valence-corrected chi connectivity index (χ0v) is 9.83. The van der Waals surface area contributed by atoms with E-state index in [9.17, 15) is 30.8 Å². The highest BCUT2D eigenvalue weighted by molar-refractivity contribution is 8.13. The molecule has 0 aromatic heterocycles. The van der Waals surface area contributed by atoms with Crippen molar-refractivity contribution in [3.63, 3.8) is 0 Å². The molecule has 0 atom stereocenters. The van der Waals surface area contributed by atoms with E-state index in [0.717, 1.165) is 6.07 Å². The summed E-state index contributed by atoms with van der Waals surface area (Å²) >= 11 is 0. The highest BCUT2D eigenvalue weighted by Gasteiger charge is 2.38. The zero-order chi connectivity index (χ0) is 14.1. The molecule has 1 aromatic carbocycles. The number of benzene rings is 1. The summed E-state index contributed by atoms with van der Waals surface area (Å²) in [4.78, 5) is 9.63. The molecule has 0 unspecified atom stereocenters. The van der Waals surface area contributed by atoms with Gasteiger partial charge in [-0.05, 0) is 18.2 Å². The maximum atomic E-state index is 13.2. The summed E-state index contributed by atoms with van der Waals surface area (Å²) in [6.45, 7) is 0. The molecule has 1 rings (SSSR count). The Morgan fingerprint density at radius 1 is 1.28 bits per heavy atom. The maximum absolute atomic E-state index is 13.2. The SMILES string of the molecule is O=C(Nc1ccc(S(=O)(=O)Cl)c(F)c1)C(F)(F)F. The molecule has 4 nitrogen and oxygen atoms in total. The summed E-state index contributed by atoms with van der Waals surface area (Å²) in [6, 6.07) is 1.84. The van der Waals surface area contributed by atoms with E-state index >= 15 is 0 Å². The van der Waals surface area contributed by atoms with Crippen LogP contribution in [0.4, 0.5) is 23.2 Å². The number of hydrogen-bond donors (Lipinski definition) is 1. The molecule has 0 aliphatic heterocycles. The van der Waals surface area contributed by atoms with Crippen LogP contribution in [-0.4, -0.2) is 20.5 Å². The number of amides is 1. The van der Waals surface area contributed by atoms with E-state index in [2.05, 4.69) is 0 Å². The molecule has 100 valence electrons. The van der Waals surface area contributed by atoms with Gasteiger partial charge in [0, 0.05) is 16.4 Å². The molecule has 0 spiro atoms. The summed E-state index contributed by atoms with van der Waals surface area (Å²) in [7, 11) is 0.515. The lowest BCUT2D eigenvalue weighted by atomic mass is 10.3. The Bertz CT molecular complexity index is 584. The predicted molar refractivity (Wildman–Crippen MR) is 54.1 cm³/mol. The van der Waals surface area contributed by atoms with Crippen molar-refractivity contribution in [2.75, 3.05) is 5.32 Å². The Labute approximate surface area is 103 Å². The smallest absolute Gasteiger partial charge is 0.318 e. The van der Waals surface area contributed by atoms with Crippen LogP contribution in [0.5, 0.6) is 0 Å². The normalized spacial score (nSPS) is 12.3. The molecular formula is C8H4ClF4NO3S. The standard InChI is InChI=1S/C8H4ClF4NO3S/c9-18(16,17)6-2-1-4(3-5(6)10)14-7(15)8(11,12)13/h1-3H,(H,14,15).